The molecule has 114 valence electrons. The van der Waals surface area contributed by atoms with Gasteiger partial charge in [0.1, 0.15) is 11.4 Å². The van der Waals surface area contributed by atoms with Crippen molar-refractivity contribution in [3.8, 4) is 5.88 Å². The van der Waals surface area contributed by atoms with Gasteiger partial charge in [0, 0.05) is 9.75 Å². The van der Waals surface area contributed by atoms with Crippen LogP contribution in [-0.4, -0.2) is 10.6 Å². The molecular formula is C16H23N3OS. The summed E-state index contributed by atoms with van der Waals surface area (Å²) in [5.74, 6) is 1.25. The Morgan fingerprint density at radius 3 is 2.57 bits per heavy atom. The number of hydrogen-bond donors (Lipinski definition) is 2. The van der Waals surface area contributed by atoms with E-state index in [1.807, 2.05) is 32.9 Å². The molecular weight excluding hydrogens is 282 g/mol. The Bertz CT molecular complexity index is 609. The number of nitrogens with one attached hydrogen (secondary N) is 1. The molecule has 0 saturated heterocycles. The first-order valence-electron chi connectivity index (χ1n) is 7.00. The fourth-order valence-corrected chi connectivity index (χ4v) is 2.83. The molecule has 21 heavy (non-hydrogen) atoms. The van der Waals surface area contributed by atoms with Gasteiger partial charge in [0.25, 0.3) is 0 Å². The fourth-order valence-electron chi connectivity index (χ4n) is 1.84. The SMILES string of the molecule is Cc1cc(CNc2ccc(N)c(OC(C)(C)C)n2)sc1C. The van der Waals surface area contributed by atoms with Crippen molar-refractivity contribution in [1.29, 1.82) is 0 Å². The molecule has 5 heteroatoms. The van der Waals surface area contributed by atoms with Crippen LogP contribution in [0.15, 0.2) is 18.2 Å². The van der Waals surface area contributed by atoms with Crippen LogP contribution in [0.4, 0.5) is 11.5 Å². The number of nitrogens with zero attached hydrogens (tertiary/aromatic N) is 1. The minimum absolute atomic E-state index is 0.318. The highest BCUT2D eigenvalue weighted by Crippen LogP contribution is 2.26. The van der Waals surface area contributed by atoms with Crippen molar-refractivity contribution in [2.24, 2.45) is 0 Å². The zero-order valence-corrected chi connectivity index (χ0v) is 14.1. The normalized spacial score (nSPS) is 11.5. The van der Waals surface area contributed by atoms with E-state index in [1.54, 1.807) is 11.3 Å². The number of hydrogen-bond acceptors (Lipinski definition) is 5. The maximum atomic E-state index is 5.91. The van der Waals surface area contributed by atoms with E-state index in [0.29, 0.717) is 11.6 Å². The zero-order valence-electron chi connectivity index (χ0n) is 13.3. The first kappa shape index (κ1) is 15.6. The van der Waals surface area contributed by atoms with Gasteiger partial charge >= 0.3 is 0 Å². The predicted molar refractivity (Wildman–Crippen MR) is 90.2 cm³/mol. The minimum Gasteiger partial charge on any atom is -0.470 e. The molecule has 0 fully saturated rings. The van der Waals surface area contributed by atoms with E-state index in [4.69, 9.17) is 10.5 Å². The topological polar surface area (TPSA) is 60.2 Å². The lowest BCUT2D eigenvalue weighted by atomic mass is 10.2. The maximum absolute atomic E-state index is 5.91. The van der Waals surface area contributed by atoms with Crippen LogP contribution in [0.2, 0.25) is 0 Å². The summed E-state index contributed by atoms with van der Waals surface area (Å²) in [4.78, 5) is 7.10. The van der Waals surface area contributed by atoms with Crippen LogP contribution in [0.1, 0.15) is 36.1 Å². The van der Waals surface area contributed by atoms with Gasteiger partial charge in [-0.1, -0.05) is 0 Å². The third-order valence-electron chi connectivity index (χ3n) is 2.95. The second-order valence-electron chi connectivity index (χ2n) is 6.11. The summed E-state index contributed by atoms with van der Waals surface area (Å²) < 4.78 is 5.77. The van der Waals surface area contributed by atoms with Crippen LogP contribution in [0.5, 0.6) is 5.88 Å². The first-order chi connectivity index (χ1) is 9.74. The molecule has 0 bridgehead atoms. The standard InChI is InChI=1S/C16H23N3OS/c1-10-8-12(21-11(10)2)9-18-14-7-6-13(17)15(19-14)20-16(3,4)5/h6-8H,9,17H2,1-5H3,(H,18,19). The third kappa shape index (κ3) is 4.36. The molecule has 0 unspecified atom stereocenters. The van der Waals surface area contributed by atoms with Gasteiger partial charge in [-0.3, -0.25) is 0 Å². The van der Waals surface area contributed by atoms with Crippen LogP contribution >= 0.6 is 11.3 Å². The van der Waals surface area contributed by atoms with Crippen LogP contribution in [0.3, 0.4) is 0 Å². The number of aryl methyl sites for hydroxylation is 2. The summed E-state index contributed by atoms with van der Waals surface area (Å²) in [6, 6.07) is 5.90. The molecule has 0 aromatic carbocycles. The van der Waals surface area contributed by atoms with Crippen molar-refractivity contribution in [3.63, 3.8) is 0 Å². The second-order valence-corrected chi connectivity index (χ2v) is 7.45. The van der Waals surface area contributed by atoms with Crippen LogP contribution in [0, 0.1) is 13.8 Å². The molecule has 0 radical (unpaired) electrons. The summed E-state index contributed by atoms with van der Waals surface area (Å²) in [6.45, 7) is 11.0. The third-order valence-corrected chi connectivity index (χ3v) is 4.11. The lowest BCUT2D eigenvalue weighted by molar-refractivity contribution is 0.125. The number of nitrogens with two attached hydrogens (primary N) is 1. The Balaban J connectivity index is 2.08. The van der Waals surface area contributed by atoms with Crippen molar-refractivity contribution in [1.82, 2.24) is 4.98 Å². The van der Waals surface area contributed by atoms with Gasteiger partial charge in [0.15, 0.2) is 0 Å². The van der Waals surface area contributed by atoms with Gasteiger partial charge in [-0.2, -0.15) is 4.98 Å². The van der Waals surface area contributed by atoms with Crippen LogP contribution in [-0.2, 0) is 6.54 Å². The molecule has 2 rings (SSSR count). The molecule has 2 aromatic heterocycles. The monoisotopic (exact) mass is 305 g/mol. The number of anilines is 2. The second kappa shape index (κ2) is 5.93. The molecule has 0 saturated carbocycles. The molecule has 2 aromatic rings. The highest BCUT2D eigenvalue weighted by atomic mass is 32.1. The average molecular weight is 305 g/mol. The Labute approximate surface area is 130 Å². The van der Waals surface area contributed by atoms with Gasteiger partial charge < -0.3 is 15.8 Å². The van der Waals surface area contributed by atoms with Gasteiger partial charge in [0.05, 0.1) is 12.2 Å². The number of thiophene rings is 1. The smallest absolute Gasteiger partial charge is 0.239 e. The van der Waals surface area contributed by atoms with Crippen molar-refractivity contribution in [2.45, 2.75) is 46.8 Å². The number of rotatable bonds is 4. The summed E-state index contributed by atoms with van der Waals surface area (Å²) in [6.07, 6.45) is 0. The first-order valence-corrected chi connectivity index (χ1v) is 7.81. The van der Waals surface area contributed by atoms with E-state index in [9.17, 15) is 0 Å². The van der Waals surface area contributed by atoms with E-state index < -0.39 is 0 Å². The van der Waals surface area contributed by atoms with E-state index in [1.165, 1.54) is 15.3 Å². The molecule has 0 aliphatic heterocycles. The zero-order chi connectivity index (χ0) is 15.6. The molecule has 0 aliphatic rings. The van der Waals surface area contributed by atoms with Crippen LogP contribution in [0.25, 0.3) is 0 Å². The lowest BCUT2D eigenvalue weighted by Gasteiger charge is -2.21. The molecule has 0 aliphatic carbocycles. The Morgan fingerprint density at radius 1 is 1.29 bits per heavy atom. The van der Waals surface area contributed by atoms with Crippen LogP contribution < -0.4 is 15.8 Å². The van der Waals surface area contributed by atoms with Crippen molar-refractivity contribution in [2.75, 3.05) is 11.1 Å². The summed E-state index contributed by atoms with van der Waals surface area (Å²) in [5, 5.41) is 3.32. The van der Waals surface area contributed by atoms with E-state index in [2.05, 4.69) is 30.2 Å². The quantitative estimate of drug-likeness (QED) is 0.891. The number of aromatic nitrogens is 1. The minimum atomic E-state index is -0.318. The number of ether oxygens (including phenoxy) is 1. The molecule has 3 N–H and O–H groups in total. The van der Waals surface area contributed by atoms with Gasteiger partial charge in [-0.05, 0) is 58.4 Å². The molecule has 0 spiro atoms. The molecule has 0 amide bonds. The Hall–Kier alpha value is -1.75. The molecule has 2 heterocycles. The van der Waals surface area contributed by atoms with Crippen molar-refractivity contribution in [3.05, 3.63) is 33.5 Å². The van der Waals surface area contributed by atoms with E-state index >= 15 is 0 Å². The van der Waals surface area contributed by atoms with E-state index in [-0.39, 0.29) is 5.60 Å². The van der Waals surface area contributed by atoms with Crippen molar-refractivity contribution >= 4 is 22.8 Å². The Kier molecular flexibility index (Phi) is 4.42. The summed E-state index contributed by atoms with van der Waals surface area (Å²) in [7, 11) is 0. The number of pyridine rings is 1. The maximum Gasteiger partial charge on any atom is 0.239 e. The molecule has 0 atom stereocenters. The highest BCUT2D eigenvalue weighted by molar-refractivity contribution is 7.12. The summed E-state index contributed by atoms with van der Waals surface area (Å²) >= 11 is 1.80. The van der Waals surface area contributed by atoms with Gasteiger partial charge in [-0.25, -0.2) is 0 Å². The average Bonchev–Trinajstić information content (AvgIpc) is 2.68. The summed E-state index contributed by atoms with van der Waals surface area (Å²) in [5.41, 5.74) is 7.48. The van der Waals surface area contributed by atoms with Gasteiger partial charge in [-0.15, -0.1) is 11.3 Å². The predicted octanol–water partition coefficient (Wildman–Crippen LogP) is 4.13. The molecule has 4 nitrogen and oxygen atoms in total. The van der Waals surface area contributed by atoms with Gasteiger partial charge in [0.2, 0.25) is 5.88 Å². The highest BCUT2D eigenvalue weighted by Gasteiger charge is 2.15. The lowest BCUT2D eigenvalue weighted by Crippen LogP contribution is -2.24. The number of nitrogen functional groups attached to an aromatic ring is 1. The van der Waals surface area contributed by atoms with E-state index in [0.717, 1.165) is 12.4 Å². The fraction of sp³-hybridized carbons (Fsp3) is 0.438. The largest absolute Gasteiger partial charge is 0.470 e. The van der Waals surface area contributed by atoms with Crippen molar-refractivity contribution < 1.29 is 4.74 Å². The Morgan fingerprint density at radius 2 is 2.00 bits per heavy atom.